The molecular formula is C36H36ClF3N6O4S. The summed E-state index contributed by atoms with van der Waals surface area (Å²) < 4.78 is 65.3. The van der Waals surface area contributed by atoms with Gasteiger partial charge in [0.05, 0.1) is 32.8 Å². The molecule has 0 aliphatic carbocycles. The highest BCUT2D eigenvalue weighted by Crippen LogP contribution is 2.52. The molecule has 2 aromatic heterocycles. The Hall–Kier alpha value is -4.06. The van der Waals surface area contributed by atoms with Crippen LogP contribution < -0.4 is 19.7 Å². The van der Waals surface area contributed by atoms with E-state index in [4.69, 9.17) is 30.8 Å². The SMILES string of the molecule is CC(C)(C)OC(=O)Nc1sc2c(F)ccc(-c3c(Cl)c4c5c(nc(OC[C@@]67CCCN6C[C@H](F)C7)nc5c3F)N3CCC[C@@H]3CCO4)c2c1C#N. The Labute approximate surface area is 301 Å². The van der Waals surface area contributed by atoms with E-state index in [-0.39, 0.29) is 66.7 Å². The average Bonchev–Trinajstić information content (AvgIpc) is 3.83. The number of carbonyl (C=O) groups excluding carboxylic acids is 1. The van der Waals surface area contributed by atoms with Crippen LogP contribution in [0.1, 0.15) is 64.9 Å². The molecule has 0 radical (unpaired) electrons. The Bertz CT molecular complexity index is 2140. The summed E-state index contributed by atoms with van der Waals surface area (Å²) in [6.45, 7) is 7.35. The summed E-state index contributed by atoms with van der Waals surface area (Å²) >= 11 is 7.92. The van der Waals surface area contributed by atoms with Crippen LogP contribution in [0.2, 0.25) is 5.02 Å². The maximum absolute atomic E-state index is 17.3. The maximum atomic E-state index is 17.3. The van der Waals surface area contributed by atoms with Crippen molar-refractivity contribution in [2.75, 3.05) is 43.1 Å². The van der Waals surface area contributed by atoms with Gasteiger partial charge in [-0.05, 0) is 64.6 Å². The van der Waals surface area contributed by atoms with E-state index >= 15 is 8.78 Å². The van der Waals surface area contributed by atoms with Gasteiger partial charge in [0.15, 0.2) is 11.6 Å². The van der Waals surface area contributed by atoms with Gasteiger partial charge in [-0.15, -0.1) is 11.3 Å². The molecule has 8 rings (SSSR count). The van der Waals surface area contributed by atoms with E-state index in [9.17, 15) is 14.4 Å². The molecular weight excluding hydrogens is 705 g/mol. The molecule has 1 N–H and O–H groups in total. The van der Waals surface area contributed by atoms with Crippen LogP contribution in [-0.4, -0.2) is 77.2 Å². The van der Waals surface area contributed by atoms with E-state index in [1.54, 1.807) is 20.8 Å². The Morgan fingerprint density at radius 1 is 1.22 bits per heavy atom. The van der Waals surface area contributed by atoms with Gasteiger partial charge in [0, 0.05) is 42.9 Å². The Morgan fingerprint density at radius 3 is 2.82 bits per heavy atom. The Kier molecular flexibility index (Phi) is 8.39. The number of alkyl halides is 1. The molecule has 3 fully saturated rings. The number of carbonyl (C=O) groups is 1. The first-order valence-corrected chi connectivity index (χ1v) is 18.4. The third-order valence-corrected chi connectivity index (χ3v) is 11.8. The number of halogens is 4. The van der Waals surface area contributed by atoms with Gasteiger partial charge >= 0.3 is 12.1 Å². The topological polar surface area (TPSA) is 113 Å². The quantitative estimate of drug-likeness (QED) is 0.216. The number of anilines is 2. The maximum Gasteiger partial charge on any atom is 0.412 e. The molecule has 4 aliphatic rings. The third kappa shape index (κ3) is 5.77. The van der Waals surface area contributed by atoms with E-state index in [0.717, 1.165) is 49.6 Å². The Morgan fingerprint density at radius 2 is 2.04 bits per heavy atom. The van der Waals surface area contributed by atoms with Gasteiger partial charge in [-0.1, -0.05) is 17.7 Å². The largest absolute Gasteiger partial charge is 0.491 e. The van der Waals surface area contributed by atoms with Crippen LogP contribution in [0.15, 0.2) is 12.1 Å². The fourth-order valence-electron chi connectivity index (χ4n) is 8.21. The highest BCUT2D eigenvalue weighted by Gasteiger charge is 2.49. The molecule has 51 heavy (non-hydrogen) atoms. The van der Waals surface area contributed by atoms with Crippen molar-refractivity contribution in [1.29, 1.82) is 5.26 Å². The zero-order valence-electron chi connectivity index (χ0n) is 28.4. The second kappa shape index (κ2) is 12.6. The van der Waals surface area contributed by atoms with Crippen LogP contribution >= 0.6 is 22.9 Å². The number of nitrogens with one attached hydrogen (secondary N) is 1. The number of nitriles is 1. The summed E-state index contributed by atoms with van der Waals surface area (Å²) in [7, 11) is 0. The van der Waals surface area contributed by atoms with E-state index in [1.165, 1.54) is 6.07 Å². The fourth-order valence-corrected chi connectivity index (χ4v) is 9.61. The standard InChI is InChI=1S/C36H36ClF3N6O4S/c1-35(2,3)50-34(47)44-32-21(15-41)23-20(7-8-22(39)30(23)51-32)24-26(37)29-25-28(27(24)40)42-33(43-31(25)46-12-4-6-19(46)9-13-48-29)49-17-36-10-5-11-45(36)16-18(38)14-36/h7-8,18-19H,4-6,9-14,16-17H2,1-3H3,(H,44,47)/t18-,19-,36+/m1/s1. The van der Waals surface area contributed by atoms with Crippen molar-refractivity contribution in [2.24, 2.45) is 0 Å². The summed E-state index contributed by atoms with van der Waals surface area (Å²) in [6, 6.07) is 4.63. The summed E-state index contributed by atoms with van der Waals surface area (Å²) in [4.78, 5) is 26.4. The summed E-state index contributed by atoms with van der Waals surface area (Å²) in [5, 5.41) is 13.2. The number of nitrogens with zero attached hydrogens (tertiary/aromatic N) is 5. The molecule has 0 bridgehead atoms. The smallest absolute Gasteiger partial charge is 0.412 e. The molecule has 4 aromatic rings. The number of amides is 1. The van der Waals surface area contributed by atoms with E-state index in [0.29, 0.717) is 43.7 Å². The molecule has 4 aliphatic heterocycles. The van der Waals surface area contributed by atoms with Crippen LogP contribution in [-0.2, 0) is 4.74 Å². The molecule has 268 valence electrons. The minimum Gasteiger partial charge on any atom is -0.491 e. The second-order valence-corrected chi connectivity index (χ2v) is 16.1. The first-order valence-electron chi connectivity index (χ1n) is 17.2. The van der Waals surface area contributed by atoms with Crippen molar-refractivity contribution in [3.05, 3.63) is 34.4 Å². The first kappa shape index (κ1) is 34.0. The van der Waals surface area contributed by atoms with Gasteiger partial charge in [-0.3, -0.25) is 10.2 Å². The Balaban J connectivity index is 1.31. The number of fused-ring (bicyclic) bond motifs is 4. The minimum absolute atomic E-state index is 0.0182. The number of benzene rings is 2. The summed E-state index contributed by atoms with van der Waals surface area (Å²) in [6.07, 6.45) is 2.77. The van der Waals surface area contributed by atoms with Gasteiger partial charge in [0.1, 0.15) is 46.6 Å². The van der Waals surface area contributed by atoms with E-state index in [2.05, 4.69) is 26.2 Å². The molecule has 1 amide bonds. The van der Waals surface area contributed by atoms with Crippen molar-refractivity contribution in [3.8, 4) is 29.0 Å². The zero-order chi connectivity index (χ0) is 35.8. The molecule has 3 atom stereocenters. The predicted molar refractivity (Wildman–Crippen MR) is 189 cm³/mol. The van der Waals surface area contributed by atoms with Gasteiger partial charge in [0.25, 0.3) is 0 Å². The molecule has 0 spiro atoms. The molecule has 2 aromatic carbocycles. The fraction of sp³-hybridized carbons (Fsp3) is 0.500. The van der Waals surface area contributed by atoms with Gasteiger partial charge < -0.3 is 19.1 Å². The number of aromatic nitrogens is 2. The monoisotopic (exact) mass is 740 g/mol. The molecule has 10 nitrogen and oxygen atoms in total. The van der Waals surface area contributed by atoms with Crippen molar-refractivity contribution in [2.45, 2.75) is 82.6 Å². The molecule has 3 saturated heterocycles. The first-order chi connectivity index (χ1) is 24.4. The predicted octanol–water partition coefficient (Wildman–Crippen LogP) is 8.37. The van der Waals surface area contributed by atoms with Crippen molar-refractivity contribution < 1.29 is 32.2 Å². The number of hydrogen-bond acceptors (Lipinski definition) is 10. The molecule has 6 heterocycles. The molecule has 0 saturated carbocycles. The highest BCUT2D eigenvalue weighted by molar-refractivity contribution is 7.23. The zero-order valence-corrected chi connectivity index (χ0v) is 29.9. The van der Waals surface area contributed by atoms with Crippen molar-refractivity contribution >= 4 is 60.8 Å². The minimum atomic E-state index is -0.949. The van der Waals surface area contributed by atoms with Gasteiger partial charge in [0.2, 0.25) is 0 Å². The van der Waals surface area contributed by atoms with Crippen molar-refractivity contribution in [3.63, 3.8) is 0 Å². The number of thiophene rings is 1. The third-order valence-electron chi connectivity index (χ3n) is 10.3. The highest BCUT2D eigenvalue weighted by atomic mass is 35.5. The van der Waals surface area contributed by atoms with Gasteiger partial charge in [-0.25, -0.2) is 18.0 Å². The normalized spacial score (nSPS) is 23.1. The number of hydrogen-bond donors (Lipinski definition) is 1. The number of ether oxygens (including phenoxy) is 3. The summed E-state index contributed by atoms with van der Waals surface area (Å²) in [5.41, 5.74) is -1.52. The summed E-state index contributed by atoms with van der Waals surface area (Å²) in [5.74, 6) is -0.887. The van der Waals surface area contributed by atoms with Crippen LogP contribution in [0.25, 0.3) is 32.1 Å². The van der Waals surface area contributed by atoms with Crippen LogP contribution in [0, 0.1) is 23.0 Å². The molecule has 0 unspecified atom stereocenters. The number of rotatable bonds is 5. The lowest BCUT2D eigenvalue weighted by molar-refractivity contribution is 0.0636. The second-order valence-electron chi connectivity index (χ2n) is 14.7. The molecule has 15 heteroatoms. The van der Waals surface area contributed by atoms with E-state index in [1.807, 2.05) is 0 Å². The lowest BCUT2D eigenvalue weighted by Crippen LogP contribution is -2.43. The van der Waals surface area contributed by atoms with E-state index < -0.39 is 35.0 Å². The van der Waals surface area contributed by atoms with Gasteiger partial charge in [-0.2, -0.15) is 15.2 Å². The van der Waals surface area contributed by atoms with Crippen LogP contribution in [0.3, 0.4) is 0 Å². The average molecular weight is 741 g/mol. The lowest BCUT2D eigenvalue weighted by atomic mass is 9.95. The van der Waals surface area contributed by atoms with Crippen LogP contribution in [0.4, 0.5) is 28.8 Å². The van der Waals surface area contributed by atoms with Crippen LogP contribution in [0.5, 0.6) is 11.8 Å². The van der Waals surface area contributed by atoms with Crippen molar-refractivity contribution in [1.82, 2.24) is 14.9 Å². The lowest BCUT2D eigenvalue weighted by Gasteiger charge is -2.32.